The third-order valence-electron chi connectivity index (χ3n) is 4.04. The molecule has 24 heavy (non-hydrogen) atoms. The van der Waals surface area contributed by atoms with E-state index in [1.165, 1.54) is 5.56 Å². The molecule has 1 aromatic carbocycles. The van der Waals surface area contributed by atoms with Crippen LogP contribution < -0.4 is 9.47 Å². The van der Waals surface area contributed by atoms with Gasteiger partial charge in [-0.05, 0) is 37.5 Å². The van der Waals surface area contributed by atoms with Gasteiger partial charge in [0, 0.05) is 19.6 Å². The highest BCUT2D eigenvalue weighted by Gasteiger charge is 2.21. The summed E-state index contributed by atoms with van der Waals surface area (Å²) in [5, 5.41) is 0. The van der Waals surface area contributed by atoms with Crippen molar-refractivity contribution in [2.75, 3.05) is 19.7 Å². The highest BCUT2D eigenvalue weighted by molar-refractivity contribution is 5.27. The van der Waals surface area contributed by atoms with E-state index in [9.17, 15) is 4.39 Å². The molecule has 1 fully saturated rings. The second kappa shape index (κ2) is 8.06. The molecule has 2 aromatic rings. The third-order valence-corrected chi connectivity index (χ3v) is 4.04. The third kappa shape index (κ3) is 4.64. The summed E-state index contributed by atoms with van der Waals surface area (Å²) in [5.41, 5.74) is 1.28. The van der Waals surface area contributed by atoms with Crippen LogP contribution in [0.15, 0.2) is 36.7 Å². The molecule has 6 heteroatoms. The first-order chi connectivity index (χ1) is 11.7. The van der Waals surface area contributed by atoms with Crippen LogP contribution in [0.2, 0.25) is 0 Å². The van der Waals surface area contributed by atoms with Crippen molar-refractivity contribution in [2.24, 2.45) is 0 Å². The van der Waals surface area contributed by atoms with Crippen molar-refractivity contribution in [2.45, 2.75) is 32.4 Å². The van der Waals surface area contributed by atoms with Gasteiger partial charge in [-0.1, -0.05) is 12.1 Å². The molecule has 1 saturated heterocycles. The SMILES string of the molecule is CCOc1ccc(CN2CCC(Oc3ncc(F)cn3)CC2)cc1. The van der Waals surface area contributed by atoms with Gasteiger partial charge in [-0.3, -0.25) is 4.90 Å². The first kappa shape index (κ1) is 16.6. The van der Waals surface area contributed by atoms with Gasteiger partial charge < -0.3 is 9.47 Å². The first-order valence-corrected chi connectivity index (χ1v) is 8.31. The minimum absolute atomic E-state index is 0.0899. The van der Waals surface area contributed by atoms with Gasteiger partial charge in [-0.2, -0.15) is 0 Å². The molecule has 0 saturated carbocycles. The van der Waals surface area contributed by atoms with Crippen molar-refractivity contribution in [1.82, 2.24) is 14.9 Å². The number of rotatable bonds is 6. The molecule has 0 radical (unpaired) electrons. The number of ether oxygens (including phenoxy) is 2. The zero-order valence-electron chi connectivity index (χ0n) is 13.8. The molecule has 0 bridgehead atoms. The predicted octanol–water partition coefficient (Wildman–Crippen LogP) is 3.06. The quantitative estimate of drug-likeness (QED) is 0.814. The molecule has 1 aromatic heterocycles. The van der Waals surface area contributed by atoms with E-state index >= 15 is 0 Å². The molecule has 128 valence electrons. The van der Waals surface area contributed by atoms with Gasteiger partial charge in [-0.25, -0.2) is 14.4 Å². The number of nitrogens with zero attached hydrogens (tertiary/aromatic N) is 3. The van der Waals surface area contributed by atoms with Gasteiger partial charge in [0.2, 0.25) is 0 Å². The van der Waals surface area contributed by atoms with E-state index in [0.29, 0.717) is 6.61 Å². The Hall–Kier alpha value is -2.21. The van der Waals surface area contributed by atoms with Crippen LogP contribution in [0.25, 0.3) is 0 Å². The number of piperidine rings is 1. The Balaban J connectivity index is 1.45. The molecule has 0 amide bonds. The van der Waals surface area contributed by atoms with Gasteiger partial charge in [0.25, 0.3) is 0 Å². The maximum absolute atomic E-state index is 12.8. The molecule has 0 N–H and O–H groups in total. The van der Waals surface area contributed by atoms with Gasteiger partial charge in [0.05, 0.1) is 19.0 Å². The topological polar surface area (TPSA) is 47.5 Å². The van der Waals surface area contributed by atoms with E-state index in [2.05, 4.69) is 27.0 Å². The Bertz CT molecular complexity index is 626. The maximum Gasteiger partial charge on any atom is 0.316 e. The Kier molecular flexibility index (Phi) is 5.59. The Morgan fingerprint density at radius 2 is 1.79 bits per heavy atom. The molecule has 1 aliphatic rings. The summed E-state index contributed by atoms with van der Waals surface area (Å²) < 4.78 is 24.0. The van der Waals surface area contributed by atoms with Gasteiger partial charge >= 0.3 is 6.01 Å². The largest absolute Gasteiger partial charge is 0.494 e. The lowest BCUT2D eigenvalue weighted by Gasteiger charge is -2.31. The normalized spacial score (nSPS) is 16.1. The van der Waals surface area contributed by atoms with Crippen LogP contribution in [-0.2, 0) is 6.54 Å². The second-order valence-corrected chi connectivity index (χ2v) is 5.85. The highest BCUT2D eigenvalue weighted by Crippen LogP contribution is 2.19. The molecule has 2 heterocycles. The summed E-state index contributed by atoms with van der Waals surface area (Å²) in [7, 11) is 0. The smallest absolute Gasteiger partial charge is 0.316 e. The number of hydrogen-bond donors (Lipinski definition) is 0. The average molecular weight is 331 g/mol. The fourth-order valence-corrected chi connectivity index (χ4v) is 2.81. The van der Waals surface area contributed by atoms with Gasteiger partial charge in [-0.15, -0.1) is 0 Å². The van der Waals surface area contributed by atoms with Crippen molar-refractivity contribution in [3.63, 3.8) is 0 Å². The van der Waals surface area contributed by atoms with Gasteiger partial charge in [0.15, 0.2) is 5.82 Å². The van der Waals surface area contributed by atoms with Crippen LogP contribution in [-0.4, -0.2) is 40.7 Å². The predicted molar refractivity (Wildman–Crippen MR) is 88.5 cm³/mol. The molecular formula is C18H22FN3O2. The average Bonchev–Trinajstić information content (AvgIpc) is 2.61. The van der Waals surface area contributed by atoms with E-state index in [0.717, 1.165) is 50.6 Å². The zero-order valence-corrected chi connectivity index (χ0v) is 13.8. The number of halogens is 1. The van der Waals surface area contributed by atoms with Crippen molar-refractivity contribution in [3.05, 3.63) is 48.0 Å². The van der Waals surface area contributed by atoms with Crippen LogP contribution in [0, 0.1) is 5.82 Å². The summed E-state index contributed by atoms with van der Waals surface area (Å²) in [6.45, 7) is 5.51. The minimum atomic E-state index is -0.451. The molecule has 0 unspecified atom stereocenters. The van der Waals surface area contributed by atoms with Crippen molar-refractivity contribution in [3.8, 4) is 11.8 Å². The lowest BCUT2D eigenvalue weighted by molar-refractivity contribution is 0.0890. The van der Waals surface area contributed by atoms with E-state index in [1.807, 2.05) is 19.1 Å². The Labute approximate surface area is 141 Å². The molecule has 0 aliphatic carbocycles. The van der Waals surface area contributed by atoms with E-state index in [1.54, 1.807) is 0 Å². The second-order valence-electron chi connectivity index (χ2n) is 5.85. The Morgan fingerprint density at radius 3 is 2.42 bits per heavy atom. The molecular weight excluding hydrogens is 309 g/mol. The van der Waals surface area contributed by atoms with Crippen LogP contribution >= 0.6 is 0 Å². The van der Waals surface area contributed by atoms with Crippen LogP contribution in [0.5, 0.6) is 11.8 Å². The van der Waals surface area contributed by atoms with Crippen LogP contribution in [0.1, 0.15) is 25.3 Å². The van der Waals surface area contributed by atoms with Gasteiger partial charge in [0.1, 0.15) is 11.9 Å². The standard InChI is InChI=1S/C18H22FN3O2/c1-2-23-16-5-3-14(4-6-16)13-22-9-7-17(8-10-22)24-18-20-11-15(19)12-21-18/h3-6,11-12,17H,2,7-10,13H2,1H3. The summed E-state index contributed by atoms with van der Waals surface area (Å²) in [4.78, 5) is 10.1. The van der Waals surface area contributed by atoms with Crippen molar-refractivity contribution in [1.29, 1.82) is 0 Å². The maximum atomic E-state index is 12.8. The Morgan fingerprint density at radius 1 is 1.12 bits per heavy atom. The van der Waals surface area contributed by atoms with Crippen LogP contribution in [0.3, 0.4) is 0 Å². The fraction of sp³-hybridized carbons (Fsp3) is 0.444. The number of hydrogen-bond acceptors (Lipinski definition) is 5. The summed E-state index contributed by atoms with van der Waals surface area (Å²) in [5.74, 6) is 0.459. The van der Waals surface area contributed by atoms with Crippen molar-refractivity contribution >= 4 is 0 Å². The monoisotopic (exact) mass is 331 g/mol. The fourth-order valence-electron chi connectivity index (χ4n) is 2.81. The zero-order chi connectivity index (χ0) is 16.8. The van der Waals surface area contributed by atoms with Crippen LogP contribution in [0.4, 0.5) is 4.39 Å². The van der Waals surface area contributed by atoms with E-state index in [-0.39, 0.29) is 12.1 Å². The highest BCUT2D eigenvalue weighted by atomic mass is 19.1. The van der Waals surface area contributed by atoms with Crippen molar-refractivity contribution < 1.29 is 13.9 Å². The molecule has 3 rings (SSSR count). The summed E-state index contributed by atoms with van der Waals surface area (Å²) in [6, 6.07) is 8.50. The number of aromatic nitrogens is 2. The molecule has 0 atom stereocenters. The lowest BCUT2D eigenvalue weighted by atomic mass is 10.1. The number of likely N-dealkylation sites (tertiary alicyclic amines) is 1. The van der Waals surface area contributed by atoms with E-state index in [4.69, 9.17) is 9.47 Å². The minimum Gasteiger partial charge on any atom is -0.494 e. The first-order valence-electron chi connectivity index (χ1n) is 8.31. The molecule has 0 spiro atoms. The summed E-state index contributed by atoms with van der Waals surface area (Å²) in [6.07, 6.45) is 4.18. The number of benzene rings is 1. The molecule has 5 nitrogen and oxygen atoms in total. The lowest BCUT2D eigenvalue weighted by Crippen LogP contribution is -2.38. The summed E-state index contributed by atoms with van der Waals surface area (Å²) >= 11 is 0. The molecule has 1 aliphatic heterocycles. The van der Waals surface area contributed by atoms with E-state index < -0.39 is 5.82 Å².